The Bertz CT molecular complexity index is 817. The molecule has 1 nitrogen and oxygen atoms in total. The van der Waals surface area contributed by atoms with Gasteiger partial charge in [0.15, 0.2) is 0 Å². The van der Waals surface area contributed by atoms with Crippen LogP contribution in [0.15, 0.2) is 121 Å². The van der Waals surface area contributed by atoms with Crippen LogP contribution in [0.1, 0.15) is 11.1 Å². The van der Waals surface area contributed by atoms with Gasteiger partial charge in [0.1, 0.15) is 0 Å². The minimum absolute atomic E-state index is 0.517. The molecule has 0 heterocycles. The minimum atomic E-state index is -0.517. The molecule has 138 valence electrons. The van der Waals surface area contributed by atoms with Crippen LogP contribution in [-0.4, -0.2) is 21.1 Å². The number of rotatable bonds is 6. The smallest absolute Gasteiger partial charge is 0.0721 e. The maximum atomic E-state index is 5.61. The van der Waals surface area contributed by atoms with E-state index in [1.807, 2.05) is 36.4 Å². The molecule has 4 aromatic rings. The zero-order chi connectivity index (χ0) is 19.3. The fourth-order valence-corrected chi connectivity index (χ4v) is 5.65. The van der Waals surface area contributed by atoms with Gasteiger partial charge in [0.25, 0.3) is 0 Å². The molecule has 0 aromatic heterocycles. The van der Waals surface area contributed by atoms with Gasteiger partial charge in [0.05, 0.1) is 13.2 Å². The second-order valence-corrected chi connectivity index (χ2v) is 10.3. The molecular formula is C26H24OSn. The Balaban J connectivity index is 0.000000162. The summed E-state index contributed by atoms with van der Waals surface area (Å²) >= 11 is -0.517. The van der Waals surface area contributed by atoms with E-state index < -0.39 is 21.1 Å². The van der Waals surface area contributed by atoms with Gasteiger partial charge in [-0.3, -0.25) is 0 Å². The second kappa shape index (κ2) is 12.2. The van der Waals surface area contributed by atoms with Crippen LogP contribution in [0.25, 0.3) is 0 Å². The summed E-state index contributed by atoms with van der Waals surface area (Å²) in [7, 11) is 0. The van der Waals surface area contributed by atoms with Crippen molar-refractivity contribution in [3.8, 4) is 0 Å². The molecule has 0 aliphatic rings. The first-order chi connectivity index (χ1) is 13.9. The van der Waals surface area contributed by atoms with E-state index in [-0.39, 0.29) is 0 Å². The van der Waals surface area contributed by atoms with E-state index in [0.717, 1.165) is 0 Å². The van der Waals surface area contributed by atoms with Crippen LogP contribution in [0.4, 0.5) is 0 Å². The maximum Gasteiger partial charge on any atom is 0.0721 e. The van der Waals surface area contributed by atoms with Crippen LogP contribution in [0.3, 0.4) is 0 Å². The molecule has 0 fully saturated rings. The van der Waals surface area contributed by atoms with E-state index in [1.54, 1.807) is 0 Å². The van der Waals surface area contributed by atoms with E-state index in [9.17, 15) is 0 Å². The Morgan fingerprint density at radius 1 is 0.429 bits per heavy atom. The predicted molar refractivity (Wildman–Crippen MR) is 119 cm³/mol. The molecule has 0 unspecified atom stereocenters. The largest absolute Gasteiger partial charge is 0.372 e. The molecule has 0 bridgehead atoms. The average Bonchev–Trinajstić information content (AvgIpc) is 2.77. The van der Waals surface area contributed by atoms with Gasteiger partial charge in [0, 0.05) is 0 Å². The summed E-state index contributed by atoms with van der Waals surface area (Å²) in [5, 5.41) is 0. The van der Waals surface area contributed by atoms with Crippen molar-refractivity contribution in [2.24, 2.45) is 0 Å². The third-order valence-electron chi connectivity index (χ3n) is 4.06. The Kier molecular flexibility index (Phi) is 8.85. The Labute approximate surface area is 178 Å². The average molecular weight is 471 g/mol. The van der Waals surface area contributed by atoms with Crippen molar-refractivity contribution >= 4 is 28.3 Å². The molecular weight excluding hydrogens is 447 g/mol. The van der Waals surface area contributed by atoms with Crippen LogP contribution in [0.5, 0.6) is 0 Å². The number of ether oxygens (including phenoxy) is 1. The summed E-state index contributed by atoms with van der Waals surface area (Å²) in [6.07, 6.45) is 0. The Hall–Kier alpha value is -2.36. The third kappa shape index (κ3) is 7.71. The van der Waals surface area contributed by atoms with Gasteiger partial charge in [-0.2, -0.15) is 0 Å². The van der Waals surface area contributed by atoms with Crippen molar-refractivity contribution in [1.82, 2.24) is 0 Å². The summed E-state index contributed by atoms with van der Waals surface area (Å²) in [6.45, 7) is 1.35. The van der Waals surface area contributed by atoms with Gasteiger partial charge in [-0.05, 0) is 11.1 Å². The molecule has 2 radical (unpaired) electrons. The van der Waals surface area contributed by atoms with Crippen LogP contribution in [-0.2, 0) is 18.0 Å². The van der Waals surface area contributed by atoms with E-state index in [4.69, 9.17) is 4.74 Å². The van der Waals surface area contributed by atoms with Crippen molar-refractivity contribution < 1.29 is 4.74 Å². The number of hydrogen-bond acceptors (Lipinski definition) is 1. The summed E-state index contributed by atoms with van der Waals surface area (Å²) in [6, 6.07) is 42.0. The standard InChI is InChI=1S/C14H14O.2C6H5.Sn/c1-3-7-13(8-4-1)11-15-12-14-9-5-2-6-10-14;2*1-2-4-6-5-3-1;/h1-10H,11-12H2;2*1-5H;. The zero-order valence-electron chi connectivity index (χ0n) is 15.9. The molecule has 2 heteroatoms. The number of hydrogen-bond donors (Lipinski definition) is 0. The predicted octanol–water partition coefficient (Wildman–Crippen LogP) is 4.75. The normalized spacial score (nSPS) is 10.0. The summed E-state index contributed by atoms with van der Waals surface area (Å²) in [5.41, 5.74) is 2.43. The first-order valence-electron chi connectivity index (χ1n) is 9.43. The van der Waals surface area contributed by atoms with Crippen LogP contribution in [0, 0.1) is 0 Å². The maximum absolute atomic E-state index is 5.61. The van der Waals surface area contributed by atoms with E-state index in [2.05, 4.69) is 84.9 Å². The molecule has 0 aliphatic carbocycles. The van der Waals surface area contributed by atoms with Gasteiger partial charge in [0.2, 0.25) is 0 Å². The van der Waals surface area contributed by atoms with Gasteiger partial charge in [-0.15, -0.1) is 0 Å². The molecule has 0 N–H and O–H groups in total. The Morgan fingerprint density at radius 3 is 1.11 bits per heavy atom. The van der Waals surface area contributed by atoms with Crippen molar-refractivity contribution in [2.45, 2.75) is 13.2 Å². The fourth-order valence-electron chi connectivity index (χ4n) is 2.64. The molecule has 28 heavy (non-hydrogen) atoms. The van der Waals surface area contributed by atoms with Crippen LogP contribution < -0.4 is 7.16 Å². The van der Waals surface area contributed by atoms with Crippen molar-refractivity contribution in [3.05, 3.63) is 132 Å². The fraction of sp³-hybridized carbons (Fsp3) is 0.0769. The Morgan fingerprint density at radius 2 is 0.750 bits per heavy atom. The van der Waals surface area contributed by atoms with Crippen molar-refractivity contribution in [2.75, 3.05) is 0 Å². The topological polar surface area (TPSA) is 9.23 Å². The van der Waals surface area contributed by atoms with Gasteiger partial charge < -0.3 is 4.74 Å². The van der Waals surface area contributed by atoms with E-state index >= 15 is 0 Å². The van der Waals surface area contributed by atoms with E-state index in [1.165, 1.54) is 18.3 Å². The summed E-state index contributed by atoms with van der Waals surface area (Å²) < 4.78 is 8.68. The first-order valence-corrected chi connectivity index (χ1v) is 12.3. The molecule has 0 spiro atoms. The van der Waals surface area contributed by atoms with Crippen LogP contribution in [0.2, 0.25) is 0 Å². The SMILES string of the molecule is c1cc[c]([Sn][c]2ccccc2)cc1.c1ccc(COCc2ccccc2)cc1. The molecule has 0 amide bonds. The molecule has 4 rings (SSSR count). The van der Waals surface area contributed by atoms with Gasteiger partial charge >= 0.3 is 89.0 Å². The summed E-state index contributed by atoms with van der Waals surface area (Å²) in [5.74, 6) is 0. The third-order valence-corrected chi connectivity index (χ3v) is 7.61. The van der Waals surface area contributed by atoms with Crippen LogP contribution >= 0.6 is 0 Å². The summed E-state index contributed by atoms with van der Waals surface area (Å²) in [4.78, 5) is 0. The van der Waals surface area contributed by atoms with Crippen molar-refractivity contribution in [3.63, 3.8) is 0 Å². The molecule has 4 aromatic carbocycles. The van der Waals surface area contributed by atoms with E-state index in [0.29, 0.717) is 13.2 Å². The molecule has 0 saturated carbocycles. The first kappa shape index (κ1) is 20.4. The monoisotopic (exact) mass is 472 g/mol. The molecule has 0 saturated heterocycles. The van der Waals surface area contributed by atoms with Gasteiger partial charge in [-0.25, -0.2) is 0 Å². The minimum Gasteiger partial charge on any atom is -0.372 e. The zero-order valence-corrected chi connectivity index (χ0v) is 18.7. The second-order valence-electron chi connectivity index (χ2n) is 6.32. The molecule has 0 aliphatic heterocycles. The quantitative estimate of drug-likeness (QED) is 0.369. The molecule has 0 atom stereocenters. The van der Waals surface area contributed by atoms with Gasteiger partial charge in [-0.1, -0.05) is 60.7 Å². The number of benzene rings is 4. The van der Waals surface area contributed by atoms with Crippen molar-refractivity contribution in [1.29, 1.82) is 0 Å².